The zero-order chi connectivity index (χ0) is 10.7. The Morgan fingerprint density at radius 1 is 1.86 bits per heavy atom. The van der Waals surface area contributed by atoms with Gasteiger partial charge in [-0.1, -0.05) is 18.5 Å². The molecule has 1 heterocycles. The zero-order valence-electron chi connectivity index (χ0n) is 7.37. The Hall–Kier alpha value is -0.860. The van der Waals surface area contributed by atoms with Gasteiger partial charge >= 0.3 is 0 Å². The van der Waals surface area contributed by atoms with Crippen LogP contribution >= 0.6 is 27.5 Å². The Balaban J connectivity index is 3.32. The number of rotatable bonds is 2. The highest BCUT2D eigenvalue weighted by atomic mass is 79.9. The molecule has 0 aliphatic carbocycles. The molecule has 14 heavy (non-hydrogen) atoms. The van der Waals surface area contributed by atoms with E-state index in [0.29, 0.717) is 6.42 Å². The molecule has 1 atom stereocenters. The first-order chi connectivity index (χ1) is 6.61. The molecule has 0 fully saturated rings. The number of hydrogen-bond acceptors (Lipinski definition) is 3. The van der Waals surface area contributed by atoms with Crippen LogP contribution in [0, 0.1) is 11.3 Å². The number of nitriles is 1. The number of nitrogens with zero attached hydrogens (tertiary/aromatic N) is 3. The topological polar surface area (TPSA) is 58.7 Å². The first-order valence-corrected chi connectivity index (χ1v) is 5.10. The summed E-state index contributed by atoms with van der Waals surface area (Å²) in [6.07, 6.45) is 1.83. The van der Waals surface area contributed by atoms with Crippen LogP contribution in [0.3, 0.4) is 0 Å². The normalized spacial score (nSPS) is 12.1. The number of aromatic nitrogens is 2. The molecule has 1 aromatic rings. The molecule has 0 aromatic carbocycles. The summed E-state index contributed by atoms with van der Waals surface area (Å²) in [5, 5.41) is 8.89. The molecule has 0 aliphatic heterocycles. The lowest BCUT2D eigenvalue weighted by atomic mass is 10.2. The molecule has 0 bridgehead atoms. The maximum absolute atomic E-state index is 11.6. The molecule has 0 radical (unpaired) electrons. The molecule has 0 saturated carbocycles. The summed E-state index contributed by atoms with van der Waals surface area (Å²) in [4.78, 5) is 15.4. The second-order valence-corrected chi connectivity index (χ2v) is 3.77. The van der Waals surface area contributed by atoms with Crippen molar-refractivity contribution in [2.75, 3.05) is 0 Å². The summed E-state index contributed by atoms with van der Waals surface area (Å²) in [5.74, 6) is 0. The fraction of sp³-hybridized carbons (Fsp3) is 0.375. The number of hydrogen-bond donors (Lipinski definition) is 0. The summed E-state index contributed by atoms with van der Waals surface area (Å²) in [5.41, 5.74) is -0.335. The summed E-state index contributed by atoms with van der Waals surface area (Å²) in [7, 11) is 0. The summed E-state index contributed by atoms with van der Waals surface area (Å²) < 4.78 is 1.45. The van der Waals surface area contributed by atoms with Crippen LogP contribution in [0.4, 0.5) is 0 Å². The third kappa shape index (κ3) is 1.97. The van der Waals surface area contributed by atoms with E-state index in [4.69, 9.17) is 16.9 Å². The molecule has 0 amide bonds. The van der Waals surface area contributed by atoms with Crippen molar-refractivity contribution in [2.24, 2.45) is 0 Å². The van der Waals surface area contributed by atoms with Gasteiger partial charge < -0.3 is 0 Å². The smallest absolute Gasteiger partial charge is 0.270 e. The minimum atomic E-state index is -0.497. The molecule has 74 valence electrons. The summed E-state index contributed by atoms with van der Waals surface area (Å²) in [6.45, 7) is 1.82. The molecule has 0 N–H and O–H groups in total. The zero-order valence-corrected chi connectivity index (χ0v) is 9.71. The van der Waals surface area contributed by atoms with Gasteiger partial charge in [0.15, 0.2) is 5.15 Å². The lowest BCUT2D eigenvalue weighted by molar-refractivity contribution is 0.565. The van der Waals surface area contributed by atoms with Crippen LogP contribution < -0.4 is 5.56 Å². The lowest BCUT2D eigenvalue weighted by Crippen LogP contribution is -2.24. The van der Waals surface area contributed by atoms with E-state index in [9.17, 15) is 4.79 Å². The van der Waals surface area contributed by atoms with E-state index >= 15 is 0 Å². The predicted octanol–water partition coefficient (Wildman–Crippen LogP) is 2.13. The second-order valence-electron chi connectivity index (χ2n) is 2.61. The molecular weight excluding hydrogens is 269 g/mol. The van der Waals surface area contributed by atoms with Crippen molar-refractivity contribution in [1.29, 1.82) is 5.26 Å². The minimum Gasteiger partial charge on any atom is -0.281 e. The van der Waals surface area contributed by atoms with Gasteiger partial charge in [-0.3, -0.25) is 9.36 Å². The van der Waals surface area contributed by atoms with Gasteiger partial charge in [-0.25, -0.2) is 4.98 Å². The summed E-state index contributed by atoms with van der Waals surface area (Å²) in [6, 6.07) is 1.52. The lowest BCUT2D eigenvalue weighted by Gasteiger charge is -2.09. The molecule has 4 nitrogen and oxygen atoms in total. The third-order valence-electron chi connectivity index (χ3n) is 1.77. The van der Waals surface area contributed by atoms with Gasteiger partial charge in [-0.05, 0) is 22.4 Å². The highest BCUT2D eigenvalue weighted by Crippen LogP contribution is 2.16. The minimum absolute atomic E-state index is 0.110. The molecule has 0 spiro atoms. The van der Waals surface area contributed by atoms with Crippen molar-refractivity contribution in [1.82, 2.24) is 9.55 Å². The molecule has 1 rings (SSSR count). The van der Waals surface area contributed by atoms with Crippen molar-refractivity contribution >= 4 is 27.5 Å². The van der Waals surface area contributed by atoms with Gasteiger partial charge in [0.25, 0.3) is 5.56 Å². The van der Waals surface area contributed by atoms with E-state index in [2.05, 4.69) is 20.9 Å². The highest BCUT2D eigenvalue weighted by Gasteiger charge is 2.13. The van der Waals surface area contributed by atoms with Gasteiger partial charge in [0.05, 0.1) is 6.07 Å². The van der Waals surface area contributed by atoms with Gasteiger partial charge in [0.2, 0.25) is 0 Å². The average Bonchev–Trinajstić information content (AvgIpc) is 2.19. The van der Waals surface area contributed by atoms with E-state index in [-0.39, 0.29) is 15.2 Å². The number of halogens is 2. The summed E-state index contributed by atoms with van der Waals surface area (Å²) >= 11 is 8.64. The quantitative estimate of drug-likeness (QED) is 0.778. The Kier molecular flexibility index (Phi) is 3.67. The Labute approximate surface area is 94.3 Å². The van der Waals surface area contributed by atoms with Crippen molar-refractivity contribution in [3.05, 3.63) is 26.3 Å². The fourth-order valence-corrected chi connectivity index (χ4v) is 1.43. The van der Waals surface area contributed by atoms with Crippen molar-refractivity contribution < 1.29 is 0 Å². The molecule has 1 unspecified atom stereocenters. The molecule has 0 saturated heterocycles. The molecule has 0 aliphatic rings. The van der Waals surface area contributed by atoms with Crippen LogP contribution in [0.5, 0.6) is 0 Å². The van der Waals surface area contributed by atoms with Crippen molar-refractivity contribution in [3.63, 3.8) is 0 Å². The molecular formula is C8H7BrClN3O. The van der Waals surface area contributed by atoms with E-state index < -0.39 is 6.04 Å². The fourth-order valence-electron chi connectivity index (χ4n) is 0.996. The van der Waals surface area contributed by atoms with Crippen LogP contribution in [0.15, 0.2) is 15.6 Å². The maximum atomic E-state index is 11.6. The van der Waals surface area contributed by atoms with E-state index in [0.717, 1.165) is 0 Å². The van der Waals surface area contributed by atoms with Crippen LogP contribution in [-0.4, -0.2) is 9.55 Å². The Morgan fingerprint density at radius 2 is 2.50 bits per heavy atom. The molecule has 6 heteroatoms. The van der Waals surface area contributed by atoms with E-state index in [1.807, 2.05) is 13.0 Å². The SMILES string of the molecule is CCC(C#N)n1cnc(Cl)c(Br)c1=O. The largest absolute Gasteiger partial charge is 0.281 e. The maximum Gasteiger partial charge on any atom is 0.270 e. The van der Waals surface area contributed by atoms with Gasteiger partial charge in [-0.15, -0.1) is 0 Å². The van der Waals surface area contributed by atoms with Crippen molar-refractivity contribution in [3.8, 4) is 6.07 Å². The van der Waals surface area contributed by atoms with Gasteiger partial charge in [0, 0.05) is 0 Å². The van der Waals surface area contributed by atoms with E-state index in [1.54, 1.807) is 0 Å². The molecule has 1 aromatic heterocycles. The predicted molar refractivity (Wildman–Crippen MR) is 56.1 cm³/mol. The Bertz CT molecular complexity index is 437. The third-order valence-corrected chi connectivity index (χ3v) is 3.00. The van der Waals surface area contributed by atoms with Crippen molar-refractivity contribution in [2.45, 2.75) is 19.4 Å². The van der Waals surface area contributed by atoms with Crippen LogP contribution in [0.2, 0.25) is 5.15 Å². The first kappa shape index (κ1) is 11.2. The average molecular weight is 277 g/mol. The second kappa shape index (κ2) is 4.58. The van der Waals surface area contributed by atoms with Crippen LogP contribution in [-0.2, 0) is 0 Å². The first-order valence-electron chi connectivity index (χ1n) is 3.93. The standard InChI is InChI=1S/C8H7BrClN3O/c1-2-5(3-11)13-4-12-7(10)6(9)8(13)14/h4-5H,2H2,1H3. The monoisotopic (exact) mass is 275 g/mol. The van der Waals surface area contributed by atoms with Gasteiger partial charge in [-0.2, -0.15) is 5.26 Å². The Morgan fingerprint density at radius 3 is 3.00 bits per heavy atom. The van der Waals surface area contributed by atoms with Crippen LogP contribution in [0.25, 0.3) is 0 Å². The highest BCUT2D eigenvalue weighted by molar-refractivity contribution is 9.10. The van der Waals surface area contributed by atoms with Gasteiger partial charge in [0.1, 0.15) is 16.8 Å². The van der Waals surface area contributed by atoms with Crippen LogP contribution in [0.1, 0.15) is 19.4 Å². The van der Waals surface area contributed by atoms with E-state index in [1.165, 1.54) is 10.9 Å².